The molecular weight excluding hydrogens is 685 g/mol. The van der Waals surface area contributed by atoms with Crippen LogP contribution in [0.1, 0.15) is 11.1 Å². The highest BCUT2D eigenvalue weighted by atomic mass is 32.2. The van der Waals surface area contributed by atoms with E-state index in [0.717, 1.165) is 11.1 Å². The first-order valence-electron chi connectivity index (χ1n) is 14.6. The SMILES string of the molecule is Cc1cc(-c2ccc(/N=N/c3c(O)c(S(=O)(=O)O)c4ccccc4c3N)c(C)c2)ccc1/N=N/c1c(O)c(S(=O)(=O)O)c2ccccc2c1N. The molecule has 0 aliphatic rings. The van der Waals surface area contributed by atoms with Gasteiger partial charge in [-0.1, -0.05) is 60.7 Å². The molecule has 8 N–H and O–H groups in total. The highest BCUT2D eigenvalue weighted by Crippen LogP contribution is 2.47. The van der Waals surface area contributed by atoms with Gasteiger partial charge in [0.05, 0.1) is 22.7 Å². The summed E-state index contributed by atoms with van der Waals surface area (Å²) in [5.74, 6) is -1.65. The number of rotatable bonds is 7. The minimum absolute atomic E-state index is 0.0198. The first-order chi connectivity index (χ1) is 23.6. The Labute approximate surface area is 285 Å². The van der Waals surface area contributed by atoms with Gasteiger partial charge in [0.25, 0.3) is 20.2 Å². The van der Waals surface area contributed by atoms with Gasteiger partial charge in [-0.15, -0.1) is 10.2 Å². The highest BCUT2D eigenvalue weighted by Gasteiger charge is 2.27. The molecule has 0 fully saturated rings. The molecule has 0 heterocycles. The van der Waals surface area contributed by atoms with Crippen molar-refractivity contribution < 1.29 is 36.2 Å². The van der Waals surface area contributed by atoms with Crippen LogP contribution in [0.2, 0.25) is 0 Å². The van der Waals surface area contributed by atoms with E-state index in [1.807, 2.05) is 12.1 Å². The van der Waals surface area contributed by atoms with Crippen molar-refractivity contribution in [2.45, 2.75) is 23.6 Å². The van der Waals surface area contributed by atoms with Crippen molar-refractivity contribution in [2.24, 2.45) is 20.5 Å². The van der Waals surface area contributed by atoms with Crippen LogP contribution in [0.3, 0.4) is 0 Å². The smallest absolute Gasteiger partial charge is 0.298 e. The number of nitrogens with two attached hydrogens (primary N) is 2. The second kappa shape index (κ2) is 12.5. The van der Waals surface area contributed by atoms with Crippen LogP contribution < -0.4 is 11.5 Å². The fourth-order valence-corrected chi connectivity index (χ4v) is 7.23. The molecule has 14 nitrogen and oxygen atoms in total. The topological polar surface area (TPSA) is 251 Å². The van der Waals surface area contributed by atoms with E-state index in [1.165, 1.54) is 24.3 Å². The fraction of sp³-hybridized carbons (Fsp3) is 0.0588. The lowest BCUT2D eigenvalue weighted by molar-refractivity contribution is 0.444. The first kappa shape index (κ1) is 33.9. The maximum Gasteiger partial charge on any atom is 0.298 e. The number of fused-ring (bicyclic) bond motifs is 2. The third kappa shape index (κ3) is 6.07. The fourth-order valence-electron chi connectivity index (χ4n) is 5.64. The Morgan fingerprint density at radius 2 is 0.860 bits per heavy atom. The first-order valence-corrected chi connectivity index (χ1v) is 17.5. The van der Waals surface area contributed by atoms with E-state index in [4.69, 9.17) is 11.5 Å². The summed E-state index contributed by atoms with van der Waals surface area (Å²) >= 11 is 0. The molecule has 0 radical (unpaired) electrons. The molecule has 0 aliphatic heterocycles. The standard InChI is InChI=1S/C34H28N6O8S2/c1-17-15-19(11-13-25(17)37-39-29-27(35)21-7-3-5-9-23(21)33(31(29)41)49(43,44)45)20-12-14-26(18(2)16-20)38-40-30-28(36)22-8-4-6-10-24(22)34(32(30)42)50(46,47)48/h3-16,41-42H,35-36H2,1-2H3,(H,43,44,45)(H,46,47,48)/b39-37+,40-38+. The number of nitrogens with zero attached hydrogens (tertiary/aromatic N) is 4. The van der Waals surface area contributed by atoms with Crippen LogP contribution in [0.5, 0.6) is 11.5 Å². The second-order valence-electron chi connectivity index (χ2n) is 11.3. The van der Waals surface area contributed by atoms with Crippen molar-refractivity contribution in [3.8, 4) is 22.6 Å². The average molecular weight is 713 g/mol. The molecule has 0 unspecified atom stereocenters. The van der Waals surface area contributed by atoms with Crippen molar-refractivity contribution in [2.75, 3.05) is 11.5 Å². The molecule has 0 bridgehead atoms. The number of hydrogen-bond donors (Lipinski definition) is 6. The van der Waals surface area contributed by atoms with Crippen molar-refractivity contribution in [3.05, 3.63) is 96.1 Å². The molecule has 6 rings (SSSR count). The predicted octanol–water partition coefficient (Wildman–Crippen LogP) is 8.18. The Morgan fingerprint density at radius 1 is 0.520 bits per heavy atom. The number of azo groups is 2. The minimum Gasteiger partial charge on any atom is -0.504 e. The number of hydrogen-bond acceptors (Lipinski definition) is 12. The molecule has 0 aliphatic carbocycles. The van der Waals surface area contributed by atoms with Gasteiger partial charge < -0.3 is 21.7 Å². The van der Waals surface area contributed by atoms with E-state index in [-0.39, 0.29) is 44.3 Å². The van der Waals surface area contributed by atoms with Gasteiger partial charge in [0, 0.05) is 21.5 Å². The van der Waals surface area contributed by atoms with Crippen molar-refractivity contribution in [3.63, 3.8) is 0 Å². The molecule has 6 aromatic rings. The summed E-state index contributed by atoms with van der Waals surface area (Å²) in [4.78, 5) is -1.44. The largest absolute Gasteiger partial charge is 0.504 e. The molecule has 0 atom stereocenters. The lowest BCUT2D eigenvalue weighted by Crippen LogP contribution is -2.02. The summed E-state index contributed by atoms with van der Waals surface area (Å²) in [6.45, 7) is 3.56. The van der Waals surface area contributed by atoms with Gasteiger partial charge in [-0.25, -0.2) is 0 Å². The number of phenolic OH excluding ortho intramolecular Hbond substituents is 2. The van der Waals surface area contributed by atoms with Crippen molar-refractivity contribution in [1.82, 2.24) is 0 Å². The molecule has 0 saturated heterocycles. The molecule has 0 saturated carbocycles. The van der Waals surface area contributed by atoms with Crippen LogP contribution in [0.25, 0.3) is 32.7 Å². The van der Waals surface area contributed by atoms with E-state index < -0.39 is 41.5 Å². The molecule has 0 aromatic heterocycles. The van der Waals surface area contributed by atoms with Gasteiger partial charge in [0.2, 0.25) is 0 Å². The zero-order valence-corrected chi connectivity index (χ0v) is 27.9. The second-order valence-corrected chi connectivity index (χ2v) is 14.0. The van der Waals surface area contributed by atoms with Crippen LogP contribution in [-0.2, 0) is 20.2 Å². The summed E-state index contributed by atoms with van der Waals surface area (Å²) in [5.41, 5.74) is 15.5. The number of aryl methyl sites for hydroxylation is 2. The van der Waals surface area contributed by atoms with Crippen LogP contribution in [0.15, 0.2) is 115 Å². The van der Waals surface area contributed by atoms with E-state index >= 15 is 0 Å². The quantitative estimate of drug-likeness (QED) is 0.0526. The van der Waals surface area contributed by atoms with E-state index in [0.29, 0.717) is 22.5 Å². The Kier molecular flexibility index (Phi) is 8.49. The monoisotopic (exact) mass is 712 g/mol. The third-order valence-corrected chi connectivity index (χ3v) is 9.93. The van der Waals surface area contributed by atoms with E-state index in [9.17, 15) is 36.2 Å². The zero-order chi connectivity index (χ0) is 36.1. The van der Waals surface area contributed by atoms with Gasteiger partial charge in [-0.2, -0.15) is 27.1 Å². The summed E-state index contributed by atoms with van der Waals surface area (Å²) in [7, 11) is -9.68. The van der Waals surface area contributed by atoms with E-state index in [1.54, 1.807) is 62.4 Å². The summed E-state index contributed by atoms with van der Waals surface area (Å²) in [5, 5.41) is 38.7. The van der Waals surface area contributed by atoms with Crippen molar-refractivity contribution >= 4 is 75.9 Å². The van der Waals surface area contributed by atoms with Crippen LogP contribution in [0, 0.1) is 13.8 Å². The van der Waals surface area contributed by atoms with Gasteiger partial charge in [0.1, 0.15) is 9.79 Å². The minimum atomic E-state index is -4.84. The third-order valence-electron chi connectivity index (χ3n) is 8.07. The lowest BCUT2D eigenvalue weighted by atomic mass is 10.0. The Morgan fingerprint density at radius 3 is 1.18 bits per heavy atom. The predicted molar refractivity (Wildman–Crippen MR) is 189 cm³/mol. The number of phenols is 2. The summed E-state index contributed by atoms with van der Waals surface area (Å²) < 4.78 is 68.1. The maximum absolute atomic E-state index is 12.1. The van der Waals surface area contributed by atoms with Gasteiger partial charge in [0.15, 0.2) is 22.9 Å². The maximum atomic E-state index is 12.1. The lowest BCUT2D eigenvalue weighted by Gasteiger charge is -2.12. The van der Waals surface area contributed by atoms with Crippen LogP contribution in [0.4, 0.5) is 34.1 Å². The number of nitrogen functional groups attached to an aromatic ring is 2. The summed E-state index contributed by atoms with van der Waals surface area (Å²) in [6, 6.07) is 22.8. The molecule has 0 spiro atoms. The van der Waals surface area contributed by atoms with Crippen LogP contribution >= 0.6 is 0 Å². The Balaban J connectivity index is 1.31. The molecule has 254 valence electrons. The van der Waals surface area contributed by atoms with Gasteiger partial charge in [-0.05, 0) is 60.4 Å². The molecule has 0 amide bonds. The summed E-state index contributed by atoms with van der Waals surface area (Å²) in [6.07, 6.45) is 0. The van der Waals surface area contributed by atoms with E-state index in [2.05, 4.69) is 20.5 Å². The molecular formula is C34H28N6O8S2. The normalized spacial score (nSPS) is 12.5. The number of benzene rings is 6. The van der Waals surface area contributed by atoms with Crippen LogP contribution in [-0.4, -0.2) is 36.2 Å². The van der Waals surface area contributed by atoms with Gasteiger partial charge >= 0.3 is 0 Å². The molecule has 6 aromatic carbocycles. The van der Waals surface area contributed by atoms with Crippen molar-refractivity contribution in [1.29, 1.82) is 0 Å². The Hall–Kier alpha value is -5.94. The van der Waals surface area contributed by atoms with Gasteiger partial charge in [-0.3, -0.25) is 9.11 Å². The molecule has 50 heavy (non-hydrogen) atoms. The highest BCUT2D eigenvalue weighted by molar-refractivity contribution is 7.86. The number of aromatic hydroxyl groups is 2. The molecule has 16 heteroatoms. The Bertz CT molecular complexity index is 2490. The number of anilines is 2. The zero-order valence-electron chi connectivity index (χ0n) is 26.3. The average Bonchev–Trinajstić information content (AvgIpc) is 3.04.